The van der Waals surface area contributed by atoms with Gasteiger partial charge in [-0.2, -0.15) is 5.06 Å². The number of nitrogens with one attached hydrogen (secondary N) is 1. The van der Waals surface area contributed by atoms with Crippen LogP contribution in [0.25, 0.3) is 16.8 Å². The monoisotopic (exact) mass is 558 g/mol. The lowest BCUT2D eigenvalue weighted by atomic mass is 9.45. The lowest BCUT2D eigenvalue weighted by Gasteiger charge is -2.62. The van der Waals surface area contributed by atoms with Gasteiger partial charge >= 0.3 is 0 Å². The number of fused-ring (bicyclic) bond motifs is 2. The SMILES string of the molecule is C[C@@H]1[C@@H](NC(=O)[C@@H]2[C@H]([C@H](C)O)[C@H](CO)ON2Cc2cccc(-c3ccc(-n4ccnc4)cc3)c2)C[C@H]2C[C@@H]1C2(C)C. The zero-order valence-electron chi connectivity index (χ0n) is 24.4. The molecule has 3 N–H and O–H groups in total. The quantitative estimate of drug-likeness (QED) is 0.383. The van der Waals surface area contributed by atoms with E-state index in [1.165, 1.54) is 6.42 Å². The predicted octanol–water partition coefficient (Wildman–Crippen LogP) is 4.20. The van der Waals surface area contributed by atoms with Gasteiger partial charge in [0.15, 0.2) is 0 Å². The van der Waals surface area contributed by atoms with Gasteiger partial charge in [0.1, 0.15) is 12.1 Å². The number of hydrogen-bond acceptors (Lipinski definition) is 6. The normalized spacial score (nSPS) is 31.4. The van der Waals surface area contributed by atoms with Crippen LogP contribution in [0.15, 0.2) is 67.3 Å². The van der Waals surface area contributed by atoms with E-state index in [9.17, 15) is 15.0 Å². The van der Waals surface area contributed by atoms with Gasteiger partial charge in [-0.15, -0.1) is 0 Å². The molecule has 2 aromatic carbocycles. The van der Waals surface area contributed by atoms with E-state index in [4.69, 9.17) is 4.84 Å². The minimum absolute atomic E-state index is 0.109. The third-order valence-corrected chi connectivity index (χ3v) is 10.3. The predicted molar refractivity (Wildman–Crippen MR) is 157 cm³/mol. The summed E-state index contributed by atoms with van der Waals surface area (Å²) in [6, 6.07) is 15.9. The van der Waals surface area contributed by atoms with Gasteiger partial charge < -0.3 is 20.1 Å². The lowest BCUT2D eigenvalue weighted by molar-refractivity contribution is -0.183. The summed E-state index contributed by atoms with van der Waals surface area (Å²) in [6.45, 7) is 8.73. The number of hydrogen-bond donors (Lipinski definition) is 3. The van der Waals surface area contributed by atoms with Crippen molar-refractivity contribution in [2.24, 2.45) is 29.1 Å². The Morgan fingerprint density at radius 1 is 1.17 bits per heavy atom. The van der Waals surface area contributed by atoms with E-state index in [1.54, 1.807) is 24.5 Å². The van der Waals surface area contributed by atoms with E-state index in [-0.39, 0.29) is 18.6 Å². The molecule has 8 nitrogen and oxygen atoms in total. The van der Waals surface area contributed by atoms with Crippen LogP contribution in [0.4, 0.5) is 0 Å². The molecule has 8 atom stereocenters. The van der Waals surface area contributed by atoms with E-state index in [0.29, 0.717) is 29.7 Å². The van der Waals surface area contributed by atoms with E-state index >= 15 is 0 Å². The number of aliphatic hydroxyl groups excluding tert-OH is 2. The van der Waals surface area contributed by atoms with Gasteiger partial charge in [-0.3, -0.25) is 9.63 Å². The van der Waals surface area contributed by atoms with E-state index in [0.717, 1.165) is 28.8 Å². The zero-order valence-corrected chi connectivity index (χ0v) is 24.4. The molecular weight excluding hydrogens is 516 g/mol. The fourth-order valence-electron chi connectivity index (χ4n) is 7.75. The van der Waals surface area contributed by atoms with Crippen molar-refractivity contribution < 1.29 is 19.8 Å². The first-order valence-corrected chi connectivity index (χ1v) is 14.9. The molecule has 7 rings (SSSR count). The Hall–Kier alpha value is -3.04. The van der Waals surface area contributed by atoms with Crippen LogP contribution in [0, 0.1) is 29.1 Å². The zero-order chi connectivity index (χ0) is 28.9. The smallest absolute Gasteiger partial charge is 0.240 e. The molecule has 3 aromatic rings. The van der Waals surface area contributed by atoms with Crippen molar-refractivity contribution in [1.82, 2.24) is 19.9 Å². The van der Waals surface area contributed by atoms with Gasteiger partial charge in [-0.25, -0.2) is 4.98 Å². The first-order chi connectivity index (χ1) is 19.7. The van der Waals surface area contributed by atoms with E-state index < -0.39 is 24.2 Å². The molecule has 218 valence electrons. The average molecular weight is 559 g/mol. The van der Waals surface area contributed by atoms with Gasteiger partial charge in [0.2, 0.25) is 5.91 Å². The largest absolute Gasteiger partial charge is 0.394 e. The number of carbonyl (C=O) groups is 1. The maximum absolute atomic E-state index is 13.9. The number of aromatic nitrogens is 2. The van der Waals surface area contributed by atoms with Gasteiger partial charge in [0, 0.05) is 30.0 Å². The van der Waals surface area contributed by atoms with Crippen LogP contribution in [0.3, 0.4) is 0 Å². The van der Waals surface area contributed by atoms with Crippen LogP contribution in [0.5, 0.6) is 0 Å². The molecule has 3 saturated carbocycles. The lowest BCUT2D eigenvalue weighted by Crippen LogP contribution is -2.62. The number of nitrogens with zero attached hydrogens (tertiary/aromatic N) is 3. The molecule has 1 aromatic heterocycles. The molecule has 0 spiro atoms. The highest BCUT2D eigenvalue weighted by atomic mass is 16.7. The molecule has 4 fully saturated rings. The minimum atomic E-state index is -0.815. The molecule has 41 heavy (non-hydrogen) atoms. The highest BCUT2D eigenvalue weighted by molar-refractivity contribution is 5.83. The van der Waals surface area contributed by atoms with Gasteiger partial charge in [-0.1, -0.05) is 51.1 Å². The number of imidazole rings is 1. The Labute approximate surface area is 242 Å². The minimum Gasteiger partial charge on any atom is -0.394 e. The molecule has 0 radical (unpaired) electrons. The summed E-state index contributed by atoms with van der Waals surface area (Å²) in [5.41, 5.74) is 4.49. The molecule has 1 amide bonds. The number of aliphatic hydroxyl groups is 2. The molecule has 2 heterocycles. The molecular formula is C33H42N4O4. The number of carbonyl (C=O) groups excluding carboxylic acids is 1. The summed E-state index contributed by atoms with van der Waals surface area (Å²) in [5.74, 6) is 0.958. The molecule has 4 aliphatic rings. The Kier molecular flexibility index (Phi) is 7.53. The Bertz CT molecular complexity index is 1360. The summed E-state index contributed by atoms with van der Waals surface area (Å²) in [5, 5.41) is 25.8. The molecule has 1 saturated heterocycles. The van der Waals surface area contributed by atoms with E-state index in [2.05, 4.69) is 67.5 Å². The second-order valence-corrected chi connectivity index (χ2v) is 13.0. The summed E-state index contributed by atoms with van der Waals surface area (Å²) in [6.07, 6.45) is 6.20. The molecule has 1 aliphatic heterocycles. The van der Waals surface area contributed by atoms with Crippen LogP contribution >= 0.6 is 0 Å². The van der Waals surface area contributed by atoms with Gasteiger partial charge in [0.25, 0.3) is 0 Å². The first kappa shape index (κ1) is 28.1. The van der Waals surface area contributed by atoms with Crippen molar-refractivity contribution in [3.8, 4) is 16.8 Å². The molecule has 2 bridgehead atoms. The average Bonchev–Trinajstić information content (AvgIpc) is 3.62. The van der Waals surface area contributed by atoms with Crippen LogP contribution in [-0.2, 0) is 16.2 Å². The number of benzene rings is 2. The van der Waals surface area contributed by atoms with Crippen molar-refractivity contribution in [3.63, 3.8) is 0 Å². The van der Waals surface area contributed by atoms with Crippen molar-refractivity contribution >= 4 is 5.91 Å². The maximum Gasteiger partial charge on any atom is 0.240 e. The summed E-state index contributed by atoms with van der Waals surface area (Å²) in [7, 11) is 0. The molecule has 8 heteroatoms. The first-order valence-electron chi connectivity index (χ1n) is 14.9. The van der Waals surface area contributed by atoms with Crippen molar-refractivity contribution in [2.75, 3.05) is 6.61 Å². The van der Waals surface area contributed by atoms with Crippen molar-refractivity contribution in [2.45, 2.75) is 71.4 Å². The topological polar surface area (TPSA) is 99.9 Å². The van der Waals surface area contributed by atoms with Crippen LogP contribution in [-0.4, -0.2) is 61.6 Å². The Morgan fingerprint density at radius 2 is 1.95 bits per heavy atom. The summed E-state index contributed by atoms with van der Waals surface area (Å²) >= 11 is 0. The standard InChI is InChI=1S/C33H42N4O4/c1-20-27-15-25(33(27,3)4)16-28(20)35-32(40)31-30(21(2)39)29(18-38)41-37(31)17-22-6-5-7-24(14-22)23-8-10-26(11-9-23)36-13-12-34-19-36/h5-14,19-21,25,27-31,38-39H,15-18H2,1-4H3,(H,35,40)/t20-,21-,25+,27-,28-,29-,30+,31-/m0/s1. The van der Waals surface area contributed by atoms with Gasteiger partial charge in [-0.05, 0) is 77.8 Å². The summed E-state index contributed by atoms with van der Waals surface area (Å²) in [4.78, 5) is 24.2. The van der Waals surface area contributed by atoms with Crippen LogP contribution in [0.1, 0.15) is 46.1 Å². The second kappa shape index (κ2) is 11.0. The van der Waals surface area contributed by atoms with Gasteiger partial charge in [0.05, 0.1) is 25.6 Å². The van der Waals surface area contributed by atoms with Crippen molar-refractivity contribution in [1.29, 1.82) is 0 Å². The second-order valence-electron chi connectivity index (χ2n) is 13.0. The number of amides is 1. The highest BCUT2D eigenvalue weighted by Gasteiger charge is 2.57. The molecule has 3 aliphatic carbocycles. The molecule has 0 unspecified atom stereocenters. The van der Waals surface area contributed by atoms with Crippen LogP contribution < -0.4 is 5.32 Å². The Morgan fingerprint density at radius 3 is 2.59 bits per heavy atom. The maximum atomic E-state index is 13.9. The van der Waals surface area contributed by atoms with Crippen LogP contribution in [0.2, 0.25) is 0 Å². The number of hydroxylamine groups is 2. The number of rotatable bonds is 8. The third-order valence-electron chi connectivity index (χ3n) is 10.3. The fourth-order valence-corrected chi connectivity index (χ4v) is 7.75. The Balaban J connectivity index is 1.21. The van der Waals surface area contributed by atoms with Crippen molar-refractivity contribution in [3.05, 3.63) is 72.8 Å². The third kappa shape index (κ3) is 5.12. The highest BCUT2D eigenvalue weighted by Crippen LogP contribution is 2.61. The van der Waals surface area contributed by atoms with E-state index in [1.807, 2.05) is 22.9 Å². The summed E-state index contributed by atoms with van der Waals surface area (Å²) < 4.78 is 1.96. The fraction of sp³-hybridized carbons (Fsp3) is 0.515.